The highest BCUT2D eigenvalue weighted by atomic mass is 79.9. The number of rotatable bonds is 1. The molecular formula is C7H7BrN2. The van der Waals surface area contributed by atoms with Gasteiger partial charge in [-0.15, -0.1) is 0 Å². The number of hydrogen-bond donors (Lipinski definition) is 1. The Morgan fingerprint density at radius 1 is 1.70 bits per heavy atom. The Morgan fingerprint density at radius 2 is 2.60 bits per heavy atom. The lowest BCUT2D eigenvalue weighted by Gasteiger charge is -1.76. The van der Waals surface area contributed by atoms with Gasteiger partial charge >= 0.3 is 0 Å². The van der Waals surface area contributed by atoms with Gasteiger partial charge < -0.3 is 4.98 Å². The monoisotopic (exact) mass is 198 g/mol. The number of nitrogens with zero attached hydrogens (tertiary/aromatic N) is 1. The van der Waals surface area contributed by atoms with Crippen LogP contribution in [-0.2, 0) is 0 Å². The van der Waals surface area contributed by atoms with Crippen LogP contribution in [0.5, 0.6) is 0 Å². The lowest BCUT2D eigenvalue weighted by Crippen LogP contribution is -1.75. The Morgan fingerprint density at radius 3 is 3.20 bits per heavy atom. The Hall–Kier alpha value is -0.750. The minimum atomic E-state index is 0.737. The summed E-state index contributed by atoms with van der Waals surface area (Å²) in [6.45, 7) is 0. The van der Waals surface area contributed by atoms with Crippen LogP contribution in [0.2, 0.25) is 0 Å². The van der Waals surface area contributed by atoms with Crippen LogP contribution < -0.4 is 0 Å². The van der Waals surface area contributed by atoms with Crippen LogP contribution >= 0.6 is 15.9 Å². The topological polar surface area (TPSA) is 28.7 Å². The summed E-state index contributed by atoms with van der Waals surface area (Å²) in [6, 6.07) is 0. The van der Waals surface area contributed by atoms with Gasteiger partial charge in [-0.1, -0.05) is 21.9 Å². The van der Waals surface area contributed by atoms with E-state index in [1.807, 2.05) is 0 Å². The highest BCUT2D eigenvalue weighted by Crippen LogP contribution is 1.86. The fourth-order valence-corrected chi connectivity index (χ4v) is 0.725. The molecule has 0 unspecified atom stereocenters. The van der Waals surface area contributed by atoms with Crippen LogP contribution in [-0.4, -0.2) is 15.3 Å². The summed E-state index contributed by atoms with van der Waals surface area (Å²) in [5.74, 6) is 6.56. The molecule has 1 aromatic rings. The third-order valence-electron chi connectivity index (χ3n) is 0.925. The van der Waals surface area contributed by atoms with Gasteiger partial charge in [-0.3, -0.25) is 0 Å². The van der Waals surface area contributed by atoms with Crippen molar-refractivity contribution in [3.8, 4) is 11.8 Å². The predicted octanol–water partition coefficient (Wildman–Crippen LogP) is 1.55. The van der Waals surface area contributed by atoms with Gasteiger partial charge in [0.1, 0.15) is 0 Å². The van der Waals surface area contributed by atoms with Gasteiger partial charge in [0.25, 0.3) is 0 Å². The summed E-state index contributed by atoms with van der Waals surface area (Å²) in [5, 5.41) is 0.917. The minimum Gasteiger partial charge on any atom is -0.338 e. The molecule has 1 rings (SSSR count). The van der Waals surface area contributed by atoms with Gasteiger partial charge in [0.05, 0.1) is 0 Å². The molecule has 0 saturated heterocycles. The number of aromatic nitrogens is 2. The molecule has 0 aliphatic heterocycles. The number of halogens is 1. The molecule has 1 N–H and O–H groups in total. The zero-order valence-corrected chi connectivity index (χ0v) is 6.98. The molecule has 0 aromatic carbocycles. The van der Waals surface area contributed by atoms with Crippen molar-refractivity contribution >= 4 is 15.9 Å². The zero-order chi connectivity index (χ0) is 7.23. The maximum absolute atomic E-state index is 3.94. The maximum atomic E-state index is 3.94. The molecule has 0 amide bonds. The molecule has 3 heteroatoms. The Kier molecular flexibility index (Phi) is 3.04. The van der Waals surface area contributed by atoms with Crippen molar-refractivity contribution in [2.75, 3.05) is 5.33 Å². The first-order valence-electron chi connectivity index (χ1n) is 2.97. The molecule has 0 spiro atoms. The fourth-order valence-electron chi connectivity index (χ4n) is 0.527. The molecule has 0 aliphatic carbocycles. The van der Waals surface area contributed by atoms with Crippen LogP contribution in [0.4, 0.5) is 0 Å². The van der Waals surface area contributed by atoms with Crippen LogP contribution in [0.3, 0.4) is 0 Å². The first kappa shape index (κ1) is 7.36. The van der Waals surface area contributed by atoms with Crippen LogP contribution in [0.15, 0.2) is 12.4 Å². The van der Waals surface area contributed by atoms with Crippen molar-refractivity contribution in [3.63, 3.8) is 0 Å². The Balaban J connectivity index is 2.49. The van der Waals surface area contributed by atoms with Crippen molar-refractivity contribution in [3.05, 3.63) is 18.2 Å². The molecule has 0 fully saturated rings. The summed E-state index contributed by atoms with van der Waals surface area (Å²) in [5.41, 5.74) is 0. The van der Waals surface area contributed by atoms with Gasteiger partial charge in [0, 0.05) is 24.1 Å². The predicted molar refractivity (Wildman–Crippen MR) is 43.9 cm³/mol. The van der Waals surface area contributed by atoms with E-state index >= 15 is 0 Å². The molecule has 52 valence electrons. The minimum absolute atomic E-state index is 0.737. The molecule has 0 aliphatic rings. The molecule has 0 atom stereocenters. The van der Waals surface area contributed by atoms with Crippen molar-refractivity contribution < 1.29 is 0 Å². The van der Waals surface area contributed by atoms with Gasteiger partial charge in [-0.05, 0) is 5.92 Å². The average Bonchev–Trinajstić information content (AvgIpc) is 2.41. The largest absolute Gasteiger partial charge is 0.338 e. The van der Waals surface area contributed by atoms with Crippen LogP contribution in [0, 0.1) is 11.8 Å². The first-order valence-corrected chi connectivity index (χ1v) is 4.10. The van der Waals surface area contributed by atoms with E-state index in [4.69, 9.17) is 0 Å². The third kappa shape index (κ3) is 2.24. The molecule has 0 saturated carbocycles. The number of imidazole rings is 1. The molecular weight excluding hydrogens is 192 g/mol. The highest BCUT2D eigenvalue weighted by Gasteiger charge is 1.82. The second kappa shape index (κ2) is 4.13. The summed E-state index contributed by atoms with van der Waals surface area (Å²) in [4.78, 5) is 6.84. The SMILES string of the molecule is BrCCC#Cc1ncc[nH]1. The first-order chi connectivity index (χ1) is 4.93. The molecule has 1 aromatic heterocycles. The van der Waals surface area contributed by atoms with Crippen LogP contribution in [0.1, 0.15) is 12.2 Å². The summed E-state index contributed by atoms with van der Waals surface area (Å²) in [6.07, 6.45) is 4.32. The standard InChI is InChI=1S/C7H7BrN2/c8-4-2-1-3-7-9-5-6-10-7/h5-6H,2,4H2,(H,9,10). The lowest BCUT2D eigenvalue weighted by molar-refractivity contribution is 1.24. The van der Waals surface area contributed by atoms with E-state index in [0.29, 0.717) is 0 Å². The van der Waals surface area contributed by atoms with Gasteiger partial charge in [0.2, 0.25) is 0 Å². The van der Waals surface area contributed by atoms with E-state index in [1.54, 1.807) is 12.4 Å². The lowest BCUT2D eigenvalue weighted by atomic mass is 10.4. The number of hydrogen-bond acceptors (Lipinski definition) is 1. The van der Waals surface area contributed by atoms with Gasteiger partial charge in [-0.2, -0.15) is 0 Å². The van der Waals surface area contributed by atoms with Crippen molar-refractivity contribution in [2.45, 2.75) is 6.42 Å². The van der Waals surface area contributed by atoms with Crippen molar-refractivity contribution in [1.82, 2.24) is 9.97 Å². The third-order valence-corrected chi connectivity index (χ3v) is 1.32. The van der Waals surface area contributed by atoms with E-state index < -0.39 is 0 Å². The summed E-state index contributed by atoms with van der Waals surface area (Å²) >= 11 is 3.28. The highest BCUT2D eigenvalue weighted by molar-refractivity contribution is 9.09. The second-order valence-electron chi connectivity index (χ2n) is 1.68. The van der Waals surface area contributed by atoms with Crippen LogP contribution in [0.25, 0.3) is 0 Å². The molecule has 1 heterocycles. The molecule has 0 radical (unpaired) electrons. The Labute approximate surface area is 68.2 Å². The normalized spacial score (nSPS) is 8.50. The number of H-pyrrole nitrogens is 1. The molecule has 0 bridgehead atoms. The smallest absolute Gasteiger partial charge is 0.182 e. The van der Waals surface area contributed by atoms with E-state index in [1.165, 1.54) is 0 Å². The van der Waals surface area contributed by atoms with Gasteiger partial charge in [-0.25, -0.2) is 4.98 Å². The quantitative estimate of drug-likeness (QED) is 0.539. The number of aromatic amines is 1. The van der Waals surface area contributed by atoms with E-state index in [2.05, 4.69) is 37.7 Å². The number of nitrogens with one attached hydrogen (secondary N) is 1. The number of alkyl halides is 1. The van der Waals surface area contributed by atoms with Crippen molar-refractivity contribution in [2.24, 2.45) is 0 Å². The fraction of sp³-hybridized carbons (Fsp3) is 0.286. The van der Waals surface area contributed by atoms with Crippen molar-refractivity contribution in [1.29, 1.82) is 0 Å². The maximum Gasteiger partial charge on any atom is 0.182 e. The van der Waals surface area contributed by atoms with E-state index in [9.17, 15) is 0 Å². The molecule has 2 nitrogen and oxygen atoms in total. The Bertz CT molecular complexity index is 230. The molecule has 10 heavy (non-hydrogen) atoms. The summed E-state index contributed by atoms with van der Waals surface area (Å²) < 4.78 is 0. The average molecular weight is 199 g/mol. The van der Waals surface area contributed by atoms with E-state index in [-0.39, 0.29) is 0 Å². The summed E-state index contributed by atoms with van der Waals surface area (Å²) in [7, 11) is 0. The van der Waals surface area contributed by atoms with Gasteiger partial charge in [0.15, 0.2) is 5.82 Å². The second-order valence-corrected chi connectivity index (χ2v) is 2.47. The zero-order valence-electron chi connectivity index (χ0n) is 5.39. The van der Waals surface area contributed by atoms with E-state index in [0.717, 1.165) is 17.6 Å².